The molecule has 37 heavy (non-hydrogen) atoms. The summed E-state index contributed by atoms with van der Waals surface area (Å²) in [6, 6.07) is 15.9. The first kappa shape index (κ1) is 24.4. The lowest BCUT2D eigenvalue weighted by Crippen LogP contribution is -2.26. The molecule has 5 aromatic rings. The molecule has 0 spiro atoms. The van der Waals surface area contributed by atoms with Crippen molar-refractivity contribution in [2.75, 3.05) is 0 Å². The minimum Gasteiger partial charge on any atom is -0.334 e. The van der Waals surface area contributed by atoms with Crippen molar-refractivity contribution in [2.24, 2.45) is 0 Å². The number of aryl methyl sites for hydroxylation is 2. The van der Waals surface area contributed by atoms with Gasteiger partial charge in [-0.15, -0.1) is 10.2 Å². The Hall–Kier alpha value is -4.27. The van der Waals surface area contributed by atoms with Crippen LogP contribution in [0.15, 0.2) is 71.9 Å². The van der Waals surface area contributed by atoms with Crippen LogP contribution in [-0.4, -0.2) is 39.3 Å². The molecule has 0 bridgehead atoms. The van der Waals surface area contributed by atoms with Crippen LogP contribution in [0.25, 0.3) is 28.5 Å². The fraction of sp³-hybridized carbons (Fsp3) is 0.321. The van der Waals surface area contributed by atoms with E-state index in [1.807, 2.05) is 65.5 Å². The highest BCUT2D eigenvalue weighted by atomic mass is 16.1. The van der Waals surface area contributed by atoms with E-state index in [4.69, 9.17) is 4.98 Å². The van der Waals surface area contributed by atoms with Crippen LogP contribution in [0.5, 0.6) is 0 Å². The third-order valence-electron chi connectivity index (χ3n) is 6.61. The van der Waals surface area contributed by atoms with Crippen molar-refractivity contribution in [2.45, 2.75) is 59.0 Å². The van der Waals surface area contributed by atoms with E-state index >= 15 is 0 Å². The van der Waals surface area contributed by atoms with Gasteiger partial charge in [-0.1, -0.05) is 57.0 Å². The molecule has 9 heteroatoms. The number of unbranched alkanes of at least 4 members (excludes halogenated alkanes) is 2. The van der Waals surface area contributed by atoms with Crippen LogP contribution in [-0.2, 0) is 19.5 Å². The first-order valence-electron chi connectivity index (χ1n) is 12.9. The van der Waals surface area contributed by atoms with Gasteiger partial charge in [0.2, 0.25) is 5.82 Å². The molecule has 9 nitrogen and oxygen atoms in total. The maximum atomic E-state index is 13.6. The molecule has 0 atom stereocenters. The van der Waals surface area contributed by atoms with Crippen molar-refractivity contribution < 1.29 is 0 Å². The summed E-state index contributed by atoms with van der Waals surface area (Å²) in [7, 11) is 0. The average molecular weight is 497 g/mol. The molecule has 0 radical (unpaired) electrons. The predicted octanol–water partition coefficient (Wildman–Crippen LogP) is 4.87. The number of nitrogens with one attached hydrogen (secondary N) is 1. The zero-order valence-electron chi connectivity index (χ0n) is 21.3. The molecule has 1 N–H and O–H groups in total. The fourth-order valence-electron chi connectivity index (χ4n) is 4.60. The van der Waals surface area contributed by atoms with Crippen molar-refractivity contribution in [1.29, 1.82) is 0 Å². The molecule has 0 saturated carbocycles. The Bertz CT molecular complexity index is 1490. The Labute approximate surface area is 215 Å². The molecular formula is C28H32N8O. The highest BCUT2D eigenvalue weighted by molar-refractivity contribution is 5.78. The molecule has 0 aliphatic heterocycles. The number of nitrogens with zero attached hydrogens (tertiary/aromatic N) is 7. The zero-order valence-corrected chi connectivity index (χ0v) is 21.3. The second kappa shape index (κ2) is 11.2. The van der Waals surface area contributed by atoms with Crippen molar-refractivity contribution >= 4 is 0 Å². The standard InChI is InChI=1S/C28H32N8O/c1-3-5-10-22-20-36(26-13-9-17-34(26)16-6-4-2)28(37)35(22)19-21-14-15-25(29-18-21)23-11-7-8-12-24(23)27-30-32-33-31-27/h7-9,11-15,17-18,20H,3-6,10,16,19H2,1-2H3,(H,30,31,32,33). The summed E-state index contributed by atoms with van der Waals surface area (Å²) >= 11 is 0. The summed E-state index contributed by atoms with van der Waals surface area (Å²) < 4.78 is 5.84. The molecule has 0 fully saturated rings. The van der Waals surface area contributed by atoms with Gasteiger partial charge in [0.1, 0.15) is 5.82 Å². The highest BCUT2D eigenvalue weighted by Crippen LogP contribution is 2.28. The molecule has 0 amide bonds. The third kappa shape index (κ3) is 5.16. The summed E-state index contributed by atoms with van der Waals surface area (Å²) in [5.41, 5.74) is 4.59. The SMILES string of the molecule is CCCCc1cn(-c2cccn2CCCC)c(=O)n1Cc1ccc(-c2ccccc2-c2nn[nH]n2)nc1. The van der Waals surface area contributed by atoms with Crippen molar-refractivity contribution in [3.05, 3.63) is 88.9 Å². The lowest BCUT2D eigenvalue weighted by molar-refractivity contribution is 0.614. The van der Waals surface area contributed by atoms with Gasteiger partial charge in [0, 0.05) is 42.0 Å². The second-order valence-corrected chi connectivity index (χ2v) is 9.21. The number of hydrogen-bond acceptors (Lipinski definition) is 5. The van der Waals surface area contributed by atoms with Crippen molar-refractivity contribution in [3.63, 3.8) is 0 Å². The van der Waals surface area contributed by atoms with Gasteiger partial charge in [-0.2, -0.15) is 5.21 Å². The molecule has 190 valence electrons. The lowest BCUT2D eigenvalue weighted by atomic mass is 10.0. The maximum Gasteiger partial charge on any atom is 0.334 e. The van der Waals surface area contributed by atoms with Gasteiger partial charge >= 0.3 is 5.69 Å². The topological polar surface area (TPSA) is 99.2 Å². The first-order valence-corrected chi connectivity index (χ1v) is 12.9. The van der Waals surface area contributed by atoms with Gasteiger partial charge in [-0.3, -0.25) is 14.1 Å². The number of rotatable bonds is 11. The van der Waals surface area contributed by atoms with Crippen LogP contribution in [0.2, 0.25) is 0 Å². The molecule has 4 aromatic heterocycles. The number of pyridine rings is 1. The molecule has 4 heterocycles. The zero-order chi connectivity index (χ0) is 25.6. The second-order valence-electron chi connectivity index (χ2n) is 9.21. The number of benzene rings is 1. The Morgan fingerprint density at radius 3 is 2.51 bits per heavy atom. The molecule has 0 unspecified atom stereocenters. The predicted molar refractivity (Wildman–Crippen MR) is 143 cm³/mol. The molecular weight excluding hydrogens is 464 g/mol. The van der Waals surface area contributed by atoms with E-state index < -0.39 is 0 Å². The summed E-state index contributed by atoms with van der Waals surface area (Å²) in [6.07, 6.45) is 11.1. The Morgan fingerprint density at radius 2 is 1.78 bits per heavy atom. The summed E-state index contributed by atoms with van der Waals surface area (Å²) in [5, 5.41) is 14.4. The minimum absolute atomic E-state index is 0.0194. The third-order valence-corrected chi connectivity index (χ3v) is 6.61. The van der Waals surface area contributed by atoms with E-state index in [-0.39, 0.29) is 5.69 Å². The van der Waals surface area contributed by atoms with E-state index in [1.54, 1.807) is 4.57 Å². The molecule has 1 aromatic carbocycles. The van der Waals surface area contributed by atoms with Crippen LogP contribution in [0.4, 0.5) is 0 Å². The average Bonchev–Trinajstić information content (AvgIpc) is 3.69. The highest BCUT2D eigenvalue weighted by Gasteiger charge is 2.16. The van der Waals surface area contributed by atoms with Crippen LogP contribution >= 0.6 is 0 Å². The number of imidazole rings is 1. The van der Waals surface area contributed by atoms with E-state index in [0.717, 1.165) is 72.5 Å². The Morgan fingerprint density at radius 1 is 0.946 bits per heavy atom. The lowest BCUT2D eigenvalue weighted by Gasteiger charge is -2.10. The van der Waals surface area contributed by atoms with Gasteiger partial charge in [-0.25, -0.2) is 4.79 Å². The Kier molecular flexibility index (Phi) is 7.39. The molecule has 0 aliphatic rings. The van der Waals surface area contributed by atoms with Gasteiger partial charge in [-0.05, 0) is 48.2 Å². The van der Waals surface area contributed by atoms with Gasteiger partial charge in [0.15, 0.2) is 0 Å². The van der Waals surface area contributed by atoms with Gasteiger partial charge < -0.3 is 4.57 Å². The Balaban J connectivity index is 1.45. The van der Waals surface area contributed by atoms with E-state index in [2.05, 4.69) is 45.2 Å². The fourth-order valence-corrected chi connectivity index (χ4v) is 4.60. The van der Waals surface area contributed by atoms with Gasteiger partial charge in [0.05, 0.1) is 12.2 Å². The molecule has 0 aliphatic carbocycles. The number of hydrogen-bond donors (Lipinski definition) is 1. The summed E-state index contributed by atoms with van der Waals surface area (Å²) in [6.45, 7) is 5.72. The van der Waals surface area contributed by atoms with Gasteiger partial charge in [0.25, 0.3) is 0 Å². The van der Waals surface area contributed by atoms with Crippen molar-refractivity contribution in [1.82, 2.24) is 39.3 Å². The summed E-state index contributed by atoms with van der Waals surface area (Å²) in [4.78, 5) is 18.3. The number of aromatic nitrogens is 8. The quantitative estimate of drug-likeness (QED) is 0.281. The number of H-pyrrole nitrogens is 1. The van der Waals surface area contributed by atoms with E-state index in [1.165, 1.54) is 0 Å². The van der Waals surface area contributed by atoms with E-state index in [9.17, 15) is 4.79 Å². The van der Waals surface area contributed by atoms with E-state index in [0.29, 0.717) is 12.4 Å². The number of tetrazole rings is 1. The molecule has 5 rings (SSSR count). The van der Waals surface area contributed by atoms with Crippen LogP contribution in [0, 0.1) is 0 Å². The van der Waals surface area contributed by atoms with Crippen molar-refractivity contribution in [3.8, 4) is 28.5 Å². The van der Waals surface area contributed by atoms with Crippen LogP contribution in [0.3, 0.4) is 0 Å². The first-order chi connectivity index (χ1) is 18.2. The largest absolute Gasteiger partial charge is 0.334 e. The monoisotopic (exact) mass is 496 g/mol. The van der Waals surface area contributed by atoms with Crippen LogP contribution in [0.1, 0.15) is 50.8 Å². The summed E-state index contributed by atoms with van der Waals surface area (Å²) in [5.74, 6) is 1.44. The van der Waals surface area contributed by atoms with Crippen LogP contribution < -0.4 is 5.69 Å². The maximum absolute atomic E-state index is 13.6. The minimum atomic E-state index is -0.0194. The normalized spacial score (nSPS) is 11.3. The smallest absolute Gasteiger partial charge is 0.334 e. The number of aromatic amines is 1. The molecule has 0 saturated heterocycles.